The third-order valence-corrected chi connectivity index (χ3v) is 3.78. The first kappa shape index (κ1) is 12.2. The summed E-state index contributed by atoms with van der Waals surface area (Å²) in [6.45, 7) is 7.72. The standard InChI is InChI=1S/C13H21NO4/c1-12(2,3)18-11(15)14-9-4-13(8-17-13)5-10(14)7-16-6-9/h9-10H,4-8H2,1-3H3. The maximum atomic E-state index is 12.3. The van der Waals surface area contributed by atoms with Crippen molar-refractivity contribution < 1.29 is 19.0 Å². The minimum absolute atomic E-state index is 0.0393. The highest BCUT2D eigenvalue weighted by molar-refractivity contribution is 5.69. The van der Waals surface area contributed by atoms with Crippen LogP contribution < -0.4 is 0 Å². The summed E-state index contributed by atoms with van der Waals surface area (Å²) in [5.74, 6) is 0. The van der Waals surface area contributed by atoms with E-state index in [1.54, 1.807) is 0 Å². The Morgan fingerprint density at radius 3 is 2.28 bits per heavy atom. The Balaban J connectivity index is 1.73. The molecule has 0 radical (unpaired) electrons. The fraction of sp³-hybridized carbons (Fsp3) is 0.923. The highest BCUT2D eigenvalue weighted by atomic mass is 16.6. The van der Waals surface area contributed by atoms with Gasteiger partial charge in [0.2, 0.25) is 0 Å². The minimum Gasteiger partial charge on any atom is -0.444 e. The second-order valence-electron chi connectivity index (χ2n) is 6.61. The molecular weight excluding hydrogens is 234 g/mol. The number of carbonyl (C=O) groups is 1. The number of nitrogens with zero attached hydrogens (tertiary/aromatic N) is 1. The Kier molecular flexibility index (Phi) is 2.61. The lowest BCUT2D eigenvalue weighted by Crippen LogP contribution is -2.61. The third kappa shape index (κ3) is 2.21. The van der Waals surface area contributed by atoms with Gasteiger partial charge in [-0.1, -0.05) is 0 Å². The van der Waals surface area contributed by atoms with Crippen LogP contribution in [0.4, 0.5) is 4.79 Å². The van der Waals surface area contributed by atoms with Crippen LogP contribution in [-0.4, -0.2) is 54.1 Å². The normalized spacial score (nSPS) is 38.7. The van der Waals surface area contributed by atoms with E-state index >= 15 is 0 Å². The van der Waals surface area contributed by atoms with Crippen molar-refractivity contribution in [3.05, 3.63) is 0 Å². The van der Waals surface area contributed by atoms with Crippen LogP contribution >= 0.6 is 0 Å². The van der Waals surface area contributed by atoms with Crippen LogP contribution in [-0.2, 0) is 14.2 Å². The molecule has 0 saturated carbocycles. The van der Waals surface area contributed by atoms with E-state index in [-0.39, 0.29) is 23.8 Å². The summed E-state index contributed by atoms with van der Waals surface area (Å²) < 4.78 is 16.6. The van der Waals surface area contributed by atoms with Gasteiger partial charge in [-0.15, -0.1) is 0 Å². The SMILES string of the molecule is CC(C)(C)OC(=O)N1C2COCC1CC1(CO1)C2. The summed E-state index contributed by atoms with van der Waals surface area (Å²) >= 11 is 0. The molecule has 1 spiro atoms. The van der Waals surface area contributed by atoms with E-state index in [4.69, 9.17) is 14.2 Å². The maximum Gasteiger partial charge on any atom is 0.410 e. The lowest BCUT2D eigenvalue weighted by atomic mass is 9.85. The lowest BCUT2D eigenvalue weighted by Gasteiger charge is -2.47. The zero-order valence-corrected chi connectivity index (χ0v) is 11.3. The van der Waals surface area contributed by atoms with E-state index < -0.39 is 5.60 Å². The molecule has 1 amide bonds. The van der Waals surface area contributed by atoms with Crippen molar-refractivity contribution in [1.82, 2.24) is 4.90 Å². The van der Waals surface area contributed by atoms with E-state index in [1.165, 1.54) is 0 Å². The second kappa shape index (κ2) is 3.84. The smallest absolute Gasteiger partial charge is 0.410 e. The number of epoxide rings is 1. The van der Waals surface area contributed by atoms with Crippen LogP contribution in [0.15, 0.2) is 0 Å². The number of morpholine rings is 1. The van der Waals surface area contributed by atoms with E-state index in [0.29, 0.717) is 13.2 Å². The van der Waals surface area contributed by atoms with Gasteiger partial charge in [-0.2, -0.15) is 0 Å². The fourth-order valence-corrected chi connectivity index (χ4v) is 3.01. The Hall–Kier alpha value is -0.810. The van der Waals surface area contributed by atoms with Gasteiger partial charge in [-0.25, -0.2) is 4.79 Å². The largest absolute Gasteiger partial charge is 0.444 e. The zero-order chi connectivity index (χ0) is 13.0. The average Bonchev–Trinajstić information content (AvgIpc) is 2.93. The predicted molar refractivity (Wildman–Crippen MR) is 64.4 cm³/mol. The van der Waals surface area contributed by atoms with Gasteiger partial charge in [0, 0.05) is 12.8 Å². The van der Waals surface area contributed by atoms with Crippen LogP contribution in [0.1, 0.15) is 33.6 Å². The summed E-state index contributed by atoms with van der Waals surface area (Å²) in [4.78, 5) is 14.1. The molecule has 3 rings (SSSR count). The molecule has 5 nitrogen and oxygen atoms in total. The summed E-state index contributed by atoms with van der Waals surface area (Å²) in [5.41, 5.74) is -0.408. The zero-order valence-electron chi connectivity index (χ0n) is 11.3. The summed E-state index contributed by atoms with van der Waals surface area (Å²) in [6, 6.07) is 0.213. The molecule has 2 bridgehead atoms. The summed E-state index contributed by atoms with van der Waals surface area (Å²) in [5, 5.41) is 0. The van der Waals surface area contributed by atoms with Crippen molar-refractivity contribution >= 4 is 6.09 Å². The molecule has 2 atom stereocenters. The quantitative estimate of drug-likeness (QED) is 0.616. The molecule has 2 unspecified atom stereocenters. The highest BCUT2D eigenvalue weighted by Gasteiger charge is 2.56. The number of amides is 1. The molecule has 3 fully saturated rings. The molecule has 18 heavy (non-hydrogen) atoms. The molecule has 102 valence electrons. The van der Waals surface area contributed by atoms with E-state index in [0.717, 1.165) is 19.4 Å². The Morgan fingerprint density at radius 1 is 1.28 bits per heavy atom. The van der Waals surface area contributed by atoms with Gasteiger partial charge in [0.25, 0.3) is 0 Å². The van der Waals surface area contributed by atoms with Crippen molar-refractivity contribution in [2.45, 2.75) is 56.9 Å². The number of fused-ring (bicyclic) bond motifs is 2. The Labute approximate surface area is 107 Å². The van der Waals surface area contributed by atoms with Crippen molar-refractivity contribution in [3.63, 3.8) is 0 Å². The van der Waals surface area contributed by atoms with Gasteiger partial charge in [-0.05, 0) is 20.8 Å². The second-order valence-corrected chi connectivity index (χ2v) is 6.61. The number of hydrogen-bond donors (Lipinski definition) is 0. The van der Waals surface area contributed by atoms with Crippen molar-refractivity contribution in [3.8, 4) is 0 Å². The summed E-state index contributed by atoms with van der Waals surface area (Å²) in [7, 11) is 0. The predicted octanol–water partition coefficient (Wildman–Crippen LogP) is 1.55. The number of rotatable bonds is 0. The Morgan fingerprint density at radius 2 is 1.83 bits per heavy atom. The molecule has 0 aromatic rings. The third-order valence-electron chi connectivity index (χ3n) is 3.78. The molecule has 0 aromatic heterocycles. The van der Waals surface area contributed by atoms with Crippen LogP contribution in [0.2, 0.25) is 0 Å². The lowest BCUT2D eigenvalue weighted by molar-refractivity contribution is -0.0934. The number of ether oxygens (including phenoxy) is 3. The van der Waals surface area contributed by atoms with E-state index in [1.807, 2.05) is 25.7 Å². The first-order chi connectivity index (χ1) is 8.39. The molecular formula is C13H21NO4. The highest BCUT2D eigenvalue weighted by Crippen LogP contribution is 2.45. The molecule has 3 aliphatic rings. The van der Waals surface area contributed by atoms with Gasteiger partial charge in [-0.3, -0.25) is 4.90 Å². The van der Waals surface area contributed by atoms with E-state index in [2.05, 4.69) is 0 Å². The van der Waals surface area contributed by atoms with Gasteiger partial charge >= 0.3 is 6.09 Å². The molecule has 5 heteroatoms. The Bertz CT molecular complexity index is 342. The summed E-state index contributed by atoms with van der Waals surface area (Å²) in [6.07, 6.45) is 1.54. The average molecular weight is 255 g/mol. The van der Waals surface area contributed by atoms with Gasteiger partial charge < -0.3 is 14.2 Å². The number of hydrogen-bond acceptors (Lipinski definition) is 4. The van der Waals surface area contributed by atoms with E-state index in [9.17, 15) is 4.79 Å². The van der Waals surface area contributed by atoms with Crippen molar-refractivity contribution in [2.75, 3.05) is 19.8 Å². The molecule has 0 aromatic carbocycles. The van der Waals surface area contributed by atoms with Gasteiger partial charge in [0.05, 0.1) is 37.5 Å². The molecule has 3 aliphatic heterocycles. The van der Waals surface area contributed by atoms with Crippen molar-refractivity contribution in [2.24, 2.45) is 0 Å². The van der Waals surface area contributed by atoms with Crippen molar-refractivity contribution in [1.29, 1.82) is 0 Å². The van der Waals surface area contributed by atoms with Gasteiger partial charge in [0.1, 0.15) is 5.60 Å². The van der Waals surface area contributed by atoms with Crippen LogP contribution in [0, 0.1) is 0 Å². The van der Waals surface area contributed by atoms with Crippen LogP contribution in [0.5, 0.6) is 0 Å². The van der Waals surface area contributed by atoms with Crippen LogP contribution in [0.3, 0.4) is 0 Å². The number of carbonyl (C=O) groups excluding carboxylic acids is 1. The first-order valence-corrected chi connectivity index (χ1v) is 6.62. The monoisotopic (exact) mass is 255 g/mol. The molecule has 0 N–H and O–H groups in total. The molecule has 0 aliphatic carbocycles. The fourth-order valence-electron chi connectivity index (χ4n) is 3.01. The maximum absolute atomic E-state index is 12.3. The molecule has 3 saturated heterocycles. The van der Waals surface area contributed by atoms with Gasteiger partial charge in [0.15, 0.2) is 0 Å². The van der Waals surface area contributed by atoms with Crippen LogP contribution in [0.25, 0.3) is 0 Å². The molecule has 3 heterocycles. The first-order valence-electron chi connectivity index (χ1n) is 6.62. The topological polar surface area (TPSA) is 51.3 Å². The minimum atomic E-state index is -0.447. The number of piperidine rings is 1.